The van der Waals surface area contributed by atoms with Gasteiger partial charge in [0.25, 0.3) is 5.91 Å². The van der Waals surface area contributed by atoms with E-state index in [9.17, 15) is 6.17 Å². The lowest BCUT2D eigenvalue weighted by atomic mass is 9.75. The van der Waals surface area contributed by atoms with Gasteiger partial charge in [0.1, 0.15) is 0 Å². The predicted octanol–water partition coefficient (Wildman–Crippen LogP) is 2.66. The molecular weight excluding hydrogens is 272 g/mol. The van der Waals surface area contributed by atoms with Crippen molar-refractivity contribution in [3.05, 3.63) is 34.9 Å². The van der Waals surface area contributed by atoms with Crippen LogP contribution in [0, 0.1) is 5.89 Å². The van der Waals surface area contributed by atoms with E-state index >= 15 is 0 Å². The van der Waals surface area contributed by atoms with Gasteiger partial charge in [-0.2, -0.15) is 0 Å². The number of carbonyl (C=O) groups excluding carboxylic acids is 1. The van der Waals surface area contributed by atoms with Crippen molar-refractivity contribution in [3.63, 3.8) is 0 Å². The first-order chi connectivity index (χ1) is 15.3. The first-order valence-corrected chi connectivity index (χ1v) is 7.58. The Morgan fingerprint density at radius 1 is 1.27 bits per heavy atom. The molecule has 3 nitrogen and oxygen atoms in total. The topological polar surface area (TPSA) is 23.6 Å². The third kappa shape index (κ3) is 1.81. The van der Waals surface area contributed by atoms with Gasteiger partial charge in [0.2, 0.25) is 0 Å². The fraction of sp³-hybridized carbons (Fsp3) is 0.632. The Balaban J connectivity index is 1.80. The van der Waals surface area contributed by atoms with Crippen LogP contribution in [0.15, 0.2) is 18.2 Å². The quantitative estimate of drug-likeness (QED) is 0.796. The monoisotopic (exact) mass is 308 g/mol. The minimum absolute atomic E-state index is 0.0463. The molecule has 0 saturated carbocycles. The van der Waals surface area contributed by atoms with Gasteiger partial charge in [-0.1, -0.05) is 12.1 Å². The lowest BCUT2D eigenvalue weighted by molar-refractivity contribution is 0.00258. The second kappa shape index (κ2) is 4.82. The number of amides is 1. The van der Waals surface area contributed by atoms with E-state index in [2.05, 4.69) is 0 Å². The van der Waals surface area contributed by atoms with Crippen molar-refractivity contribution in [2.45, 2.75) is 43.9 Å². The van der Waals surface area contributed by atoms with Crippen molar-refractivity contribution < 1.29 is 21.2 Å². The molecule has 0 aromatic heterocycles. The van der Waals surface area contributed by atoms with Crippen molar-refractivity contribution >= 4 is 5.91 Å². The number of fused-ring (bicyclic) bond motifs is 3. The summed E-state index contributed by atoms with van der Waals surface area (Å²) in [4.78, 5) is 14.6. The summed E-state index contributed by atoms with van der Waals surface area (Å²) in [5, 5.41) is 0. The summed E-state index contributed by atoms with van der Waals surface area (Å²) in [6, 6.07) is 1.11. The number of benzene rings is 1. The molecule has 4 heterocycles. The fourth-order valence-corrected chi connectivity index (χ4v) is 3.53. The molecule has 0 spiro atoms. The summed E-state index contributed by atoms with van der Waals surface area (Å²) in [5.41, 5.74) is 0.210. The van der Waals surface area contributed by atoms with Crippen LogP contribution in [-0.2, 0) is 6.37 Å². The molecule has 5 aliphatic rings. The highest BCUT2D eigenvalue weighted by Gasteiger charge is 2.43. The van der Waals surface area contributed by atoms with E-state index in [0.717, 1.165) is 0 Å². The van der Waals surface area contributed by atoms with E-state index in [1.54, 1.807) is 0 Å². The summed E-state index contributed by atoms with van der Waals surface area (Å²) in [7, 11) is 0. The van der Waals surface area contributed by atoms with Gasteiger partial charge in [-0.05, 0) is 68.1 Å². The highest BCUT2D eigenvalue weighted by Crippen LogP contribution is 2.41. The first kappa shape index (κ1) is 5.94. The summed E-state index contributed by atoms with van der Waals surface area (Å²) >= 11 is 0. The number of aryl methyl sites for hydroxylation is 1. The zero-order valence-corrected chi connectivity index (χ0v) is 11.9. The molecule has 1 unspecified atom stereocenters. The van der Waals surface area contributed by atoms with Crippen molar-refractivity contribution in [2.75, 3.05) is 26.0 Å². The molecule has 1 amide bonds. The Morgan fingerprint density at radius 2 is 2.23 bits per heavy atom. The van der Waals surface area contributed by atoms with Crippen molar-refractivity contribution in [1.29, 1.82) is 0 Å². The highest BCUT2D eigenvalue weighted by molar-refractivity contribution is 5.97. The zero-order valence-electron chi connectivity index (χ0n) is 23.9. The number of hydrogen-bond acceptors (Lipinski definition) is 2. The zero-order chi connectivity index (χ0) is 25.5. The Kier molecular flexibility index (Phi) is 1.30. The normalized spacial score (nSPS) is 62.5. The van der Waals surface area contributed by atoms with E-state index in [1.165, 1.54) is 18.2 Å². The van der Waals surface area contributed by atoms with Crippen LogP contribution >= 0.6 is 0 Å². The van der Waals surface area contributed by atoms with Crippen molar-refractivity contribution in [2.24, 2.45) is 5.89 Å². The van der Waals surface area contributed by atoms with Gasteiger partial charge in [0.15, 0.2) is 0 Å². The van der Waals surface area contributed by atoms with Gasteiger partial charge in [-0.25, -0.2) is 0 Å². The van der Waals surface area contributed by atoms with E-state index < -0.39 is 62.4 Å². The Morgan fingerprint density at radius 3 is 3.18 bits per heavy atom. The second-order valence-electron chi connectivity index (χ2n) is 5.88. The third-order valence-corrected chi connectivity index (χ3v) is 4.60. The van der Waals surface area contributed by atoms with Crippen LogP contribution in [0.25, 0.3) is 0 Å². The summed E-state index contributed by atoms with van der Waals surface area (Å²) in [5.74, 6) is -5.10. The fourth-order valence-electron chi connectivity index (χ4n) is 3.53. The molecular formula is C19H24N2O. The van der Waals surface area contributed by atoms with Crippen LogP contribution in [0.5, 0.6) is 0 Å². The van der Waals surface area contributed by atoms with Gasteiger partial charge in [0, 0.05) is 42.8 Å². The maximum atomic E-state index is 13.8. The maximum absolute atomic E-state index is 13.8. The number of hydrogen-bond donors (Lipinski definition) is 0. The molecule has 2 bridgehead atoms. The van der Waals surface area contributed by atoms with Gasteiger partial charge in [-0.15, -0.1) is 0 Å². The predicted molar refractivity (Wildman–Crippen MR) is 86.1 cm³/mol. The van der Waals surface area contributed by atoms with Crippen LogP contribution in [0.2, 0.25) is 0 Å². The van der Waals surface area contributed by atoms with Gasteiger partial charge in [-0.3, -0.25) is 4.79 Å². The molecule has 4 aliphatic heterocycles. The Labute approximate surface area is 149 Å². The minimum atomic E-state index is -3.15. The lowest BCUT2D eigenvalue weighted by Gasteiger charge is -2.51. The standard InChI is InChI=1S/C19H24N2O/c22-19-16-6-2-4-14-3-1-5-15(18(14)16)11-21(19)17-12-20-9-7-13(17)8-10-20/h2,4,6,13,15,17H,1,3,5,7-12H2/t15-,17-/m1/s1/i3D2,7D2,9D2,11D2,12D2,13D,17D/t13-,15+,17+/m0. The Bertz CT molecular complexity index is 1110. The smallest absolute Gasteiger partial charge is 0.254 e. The van der Waals surface area contributed by atoms with E-state index in [4.69, 9.17) is 15.1 Å². The SMILES string of the molecule is [2H]C1([2H])CC[C@H]2c3c(cccc31)C(=O)N([C@]1([2H])C([2H])([2H])N3CC[C@]1([2H])C([2H])([2H])C3([2H])[2H])C2([2H])[2H]. The van der Waals surface area contributed by atoms with Crippen molar-refractivity contribution in [1.82, 2.24) is 9.80 Å². The van der Waals surface area contributed by atoms with Crippen LogP contribution in [-0.4, -0.2) is 47.8 Å². The number of piperidine rings is 3. The molecule has 22 heavy (non-hydrogen) atoms. The molecule has 6 rings (SSSR count). The third-order valence-electron chi connectivity index (χ3n) is 4.60. The first-order valence-electron chi connectivity index (χ1n) is 13.6. The minimum Gasteiger partial charge on any atom is -0.333 e. The second-order valence-corrected chi connectivity index (χ2v) is 5.88. The molecule has 1 aromatic carbocycles. The summed E-state index contributed by atoms with van der Waals surface area (Å²) in [6.07, 6.45) is -5.53. The summed E-state index contributed by atoms with van der Waals surface area (Å²) < 4.78 is 104. The highest BCUT2D eigenvalue weighted by atomic mass is 16.2. The van der Waals surface area contributed by atoms with Crippen LogP contribution < -0.4 is 0 Å². The van der Waals surface area contributed by atoms with Gasteiger partial charge in [0.05, 0.1) is 4.11 Å². The van der Waals surface area contributed by atoms with Crippen LogP contribution in [0.1, 0.15) is 69.5 Å². The lowest BCUT2D eigenvalue weighted by Crippen LogP contribution is -2.60. The van der Waals surface area contributed by atoms with Gasteiger partial charge < -0.3 is 9.80 Å². The largest absolute Gasteiger partial charge is 0.333 e. The van der Waals surface area contributed by atoms with Crippen LogP contribution in [0.3, 0.4) is 0 Å². The molecule has 116 valence electrons. The summed E-state index contributed by atoms with van der Waals surface area (Å²) in [6.45, 7) is -9.22. The maximum Gasteiger partial charge on any atom is 0.254 e. The van der Waals surface area contributed by atoms with Crippen molar-refractivity contribution in [3.8, 4) is 0 Å². The molecule has 3 saturated heterocycles. The molecule has 1 aromatic rings. The average molecular weight is 308 g/mol. The molecule has 1 aliphatic carbocycles. The number of carbonyl (C=O) groups is 1. The van der Waals surface area contributed by atoms with E-state index in [0.29, 0.717) is 9.80 Å². The van der Waals surface area contributed by atoms with E-state index in [-0.39, 0.29) is 36.1 Å². The molecule has 3 heteroatoms. The molecule has 0 radical (unpaired) electrons. The molecule has 0 N–H and O–H groups in total. The molecule has 4 atom stereocenters. The molecule has 3 fully saturated rings. The number of rotatable bonds is 1. The van der Waals surface area contributed by atoms with Crippen LogP contribution in [0.4, 0.5) is 0 Å². The van der Waals surface area contributed by atoms with Gasteiger partial charge >= 0.3 is 0 Å². The Hall–Kier alpha value is -1.35. The van der Waals surface area contributed by atoms with E-state index in [1.807, 2.05) is 0 Å². The number of nitrogens with zero attached hydrogens (tertiary/aromatic N) is 2. The average Bonchev–Trinajstić information content (AvgIpc) is 2.69.